The SMILES string of the molecule is N#Cc1c(N)ncnc1N1CCC[C@H]1c1nn2cccc2c(=O)n1-c1ccccc1. The van der Waals surface area contributed by atoms with E-state index in [1.807, 2.05) is 35.2 Å². The standard InChI is InChI=1S/C21H18N8O/c22-12-15-18(23)24-13-25-19(15)27-10-4-8-16(27)20-26-28-11-5-9-17(28)21(30)29(20)14-6-2-1-3-7-14/h1-3,5-7,9,11,13,16H,4,8,10H2,(H2,23,24,25)/t16-/m0/s1. The number of rotatable bonds is 3. The van der Waals surface area contributed by atoms with E-state index in [4.69, 9.17) is 10.8 Å². The summed E-state index contributed by atoms with van der Waals surface area (Å²) in [6.45, 7) is 0.671. The molecular formula is C21H18N8O. The summed E-state index contributed by atoms with van der Waals surface area (Å²) in [5, 5.41) is 14.4. The molecule has 1 fully saturated rings. The van der Waals surface area contributed by atoms with Gasteiger partial charge in [-0.3, -0.25) is 9.36 Å². The monoisotopic (exact) mass is 398 g/mol. The van der Waals surface area contributed by atoms with E-state index in [0.717, 1.165) is 18.5 Å². The van der Waals surface area contributed by atoms with Gasteiger partial charge < -0.3 is 10.6 Å². The van der Waals surface area contributed by atoms with Crippen LogP contribution in [0.15, 0.2) is 59.8 Å². The fourth-order valence-electron chi connectivity index (χ4n) is 4.05. The molecule has 30 heavy (non-hydrogen) atoms. The third-order valence-corrected chi connectivity index (χ3v) is 5.40. The van der Waals surface area contributed by atoms with Gasteiger partial charge in [-0.05, 0) is 37.1 Å². The van der Waals surface area contributed by atoms with Crippen molar-refractivity contribution in [2.75, 3.05) is 17.2 Å². The molecule has 5 rings (SSSR count). The molecule has 1 saturated heterocycles. The van der Waals surface area contributed by atoms with Crippen molar-refractivity contribution < 1.29 is 0 Å². The summed E-state index contributed by atoms with van der Waals surface area (Å²) in [6.07, 6.45) is 4.75. The van der Waals surface area contributed by atoms with Crippen LogP contribution in [0.3, 0.4) is 0 Å². The summed E-state index contributed by atoms with van der Waals surface area (Å²) in [6, 6.07) is 14.9. The number of nitriles is 1. The average Bonchev–Trinajstić information content (AvgIpc) is 3.43. The molecule has 0 bridgehead atoms. The van der Waals surface area contributed by atoms with Gasteiger partial charge in [-0.1, -0.05) is 18.2 Å². The largest absolute Gasteiger partial charge is 0.382 e. The van der Waals surface area contributed by atoms with E-state index in [0.29, 0.717) is 23.7 Å². The second-order valence-corrected chi connectivity index (χ2v) is 7.09. The lowest BCUT2D eigenvalue weighted by molar-refractivity contribution is 0.600. The highest BCUT2D eigenvalue weighted by Gasteiger charge is 2.34. The molecule has 4 aromatic rings. The lowest BCUT2D eigenvalue weighted by atomic mass is 10.1. The molecule has 9 heteroatoms. The van der Waals surface area contributed by atoms with Crippen LogP contribution in [0.4, 0.5) is 11.6 Å². The number of anilines is 2. The van der Waals surface area contributed by atoms with Gasteiger partial charge in [0.2, 0.25) is 0 Å². The van der Waals surface area contributed by atoms with E-state index >= 15 is 0 Å². The normalized spacial score (nSPS) is 16.1. The van der Waals surface area contributed by atoms with Crippen LogP contribution in [0.25, 0.3) is 11.2 Å². The predicted octanol–water partition coefficient (Wildman–Crippen LogP) is 2.07. The Labute approximate surface area is 171 Å². The molecular weight excluding hydrogens is 380 g/mol. The quantitative estimate of drug-likeness (QED) is 0.561. The van der Waals surface area contributed by atoms with Crippen LogP contribution in [0, 0.1) is 11.3 Å². The fourth-order valence-corrected chi connectivity index (χ4v) is 4.05. The summed E-state index contributed by atoms with van der Waals surface area (Å²) < 4.78 is 3.25. The third-order valence-electron chi connectivity index (χ3n) is 5.40. The molecule has 0 radical (unpaired) electrons. The maximum absolute atomic E-state index is 13.4. The lowest BCUT2D eigenvalue weighted by Gasteiger charge is -2.27. The van der Waals surface area contributed by atoms with Gasteiger partial charge in [-0.25, -0.2) is 14.5 Å². The Morgan fingerprint density at radius 2 is 1.97 bits per heavy atom. The van der Waals surface area contributed by atoms with Crippen LogP contribution in [-0.4, -0.2) is 30.7 Å². The topological polar surface area (TPSA) is 118 Å². The molecule has 9 nitrogen and oxygen atoms in total. The molecule has 1 atom stereocenters. The van der Waals surface area contributed by atoms with E-state index < -0.39 is 0 Å². The first-order valence-electron chi connectivity index (χ1n) is 9.62. The summed E-state index contributed by atoms with van der Waals surface area (Å²) in [5.41, 5.74) is 7.24. The highest BCUT2D eigenvalue weighted by molar-refractivity contribution is 5.64. The summed E-state index contributed by atoms with van der Waals surface area (Å²) in [4.78, 5) is 23.6. The van der Waals surface area contributed by atoms with Crippen molar-refractivity contribution >= 4 is 17.2 Å². The van der Waals surface area contributed by atoms with Gasteiger partial charge in [0.1, 0.15) is 29.3 Å². The number of hydrogen-bond donors (Lipinski definition) is 1. The van der Waals surface area contributed by atoms with E-state index in [1.54, 1.807) is 27.4 Å². The third kappa shape index (κ3) is 2.69. The highest BCUT2D eigenvalue weighted by atomic mass is 16.1. The Morgan fingerprint density at radius 3 is 2.77 bits per heavy atom. The molecule has 0 unspecified atom stereocenters. The number of nitrogen functional groups attached to an aromatic ring is 1. The summed E-state index contributed by atoms with van der Waals surface area (Å²) in [7, 11) is 0. The number of hydrogen-bond acceptors (Lipinski definition) is 7. The van der Waals surface area contributed by atoms with Gasteiger partial charge in [0.25, 0.3) is 5.56 Å². The second kappa shape index (κ2) is 7.00. The number of nitrogens with zero attached hydrogens (tertiary/aromatic N) is 7. The zero-order chi connectivity index (χ0) is 20.7. The van der Waals surface area contributed by atoms with E-state index in [9.17, 15) is 10.1 Å². The maximum atomic E-state index is 13.4. The first kappa shape index (κ1) is 17.9. The summed E-state index contributed by atoms with van der Waals surface area (Å²) in [5.74, 6) is 1.20. The minimum absolute atomic E-state index is 0.141. The van der Waals surface area contributed by atoms with Gasteiger partial charge in [0.05, 0.1) is 11.7 Å². The van der Waals surface area contributed by atoms with Crippen LogP contribution in [0.2, 0.25) is 0 Å². The van der Waals surface area contributed by atoms with Crippen LogP contribution in [0.1, 0.15) is 30.3 Å². The van der Waals surface area contributed by atoms with Crippen LogP contribution in [-0.2, 0) is 0 Å². The van der Waals surface area contributed by atoms with E-state index in [1.165, 1.54) is 6.33 Å². The number of benzene rings is 1. The van der Waals surface area contributed by atoms with Crippen molar-refractivity contribution in [2.45, 2.75) is 18.9 Å². The molecule has 1 aliphatic heterocycles. The number of aromatic nitrogens is 5. The van der Waals surface area contributed by atoms with Crippen molar-refractivity contribution in [3.8, 4) is 11.8 Å². The molecule has 0 spiro atoms. The minimum atomic E-state index is -0.244. The van der Waals surface area contributed by atoms with Crippen molar-refractivity contribution in [3.05, 3.63) is 76.7 Å². The average molecular weight is 398 g/mol. The van der Waals surface area contributed by atoms with Gasteiger partial charge in [0.15, 0.2) is 11.6 Å². The van der Waals surface area contributed by atoms with Gasteiger partial charge in [-0.2, -0.15) is 10.4 Å². The van der Waals surface area contributed by atoms with Gasteiger partial charge in [0, 0.05) is 12.7 Å². The Bertz CT molecular complexity index is 1330. The minimum Gasteiger partial charge on any atom is -0.382 e. The molecule has 1 aromatic carbocycles. The first-order valence-corrected chi connectivity index (χ1v) is 9.62. The molecule has 4 heterocycles. The maximum Gasteiger partial charge on any atom is 0.282 e. The van der Waals surface area contributed by atoms with Gasteiger partial charge in [-0.15, -0.1) is 0 Å². The second-order valence-electron chi connectivity index (χ2n) is 7.09. The highest BCUT2D eigenvalue weighted by Crippen LogP contribution is 2.36. The molecule has 148 valence electrons. The molecule has 2 N–H and O–H groups in total. The fraction of sp³-hybridized carbons (Fsp3) is 0.190. The van der Waals surface area contributed by atoms with Crippen LogP contribution >= 0.6 is 0 Å². The summed E-state index contributed by atoms with van der Waals surface area (Å²) >= 11 is 0. The van der Waals surface area contributed by atoms with Gasteiger partial charge >= 0.3 is 0 Å². The van der Waals surface area contributed by atoms with Crippen molar-refractivity contribution in [3.63, 3.8) is 0 Å². The van der Waals surface area contributed by atoms with Crippen LogP contribution in [0.5, 0.6) is 0 Å². The zero-order valence-electron chi connectivity index (χ0n) is 16.0. The molecule has 3 aromatic heterocycles. The van der Waals surface area contributed by atoms with Crippen molar-refractivity contribution in [2.24, 2.45) is 0 Å². The Kier molecular flexibility index (Phi) is 4.17. The number of nitrogens with two attached hydrogens (primary N) is 1. The Balaban J connectivity index is 1.74. The molecule has 0 saturated carbocycles. The smallest absolute Gasteiger partial charge is 0.282 e. The van der Waals surface area contributed by atoms with Crippen molar-refractivity contribution in [1.82, 2.24) is 24.1 Å². The predicted molar refractivity (Wildman–Crippen MR) is 111 cm³/mol. The molecule has 1 aliphatic rings. The number of fused-ring (bicyclic) bond motifs is 1. The first-order chi connectivity index (χ1) is 14.7. The zero-order valence-corrected chi connectivity index (χ0v) is 16.0. The van der Waals surface area contributed by atoms with E-state index in [-0.39, 0.29) is 23.0 Å². The lowest BCUT2D eigenvalue weighted by Crippen LogP contribution is -2.33. The van der Waals surface area contributed by atoms with Crippen molar-refractivity contribution in [1.29, 1.82) is 5.26 Å². The Hall–Kier alpha value is -4.19. The number of para-hydroxylation sites is 1. The molecule has 0 amide bonds. The Morgan fingerprint density at radius 1 is 1.13 bits per heavy atom. The van der Waals surface area contributed by atoms with Crippen LogP contribution < -0.4 is 16.2 Å². The molecule has 0 aliphatic carbocycles. The van der Waals surface area contributed by atoms with E-state index in [2.05, 4.69) is 16.0 Å².